The first kappa shape index (κ1) is 41.6. The van der Waals surface area contributed by atoms with Crippen molar-refractivity contribution >= 4 is 45.9 Å². The number of aromatic amines is 1. The molecule has 2 aliphatic carbocycles. The average Bonchev–Trinajstić information content (AvgIpc) is 3.70. The Balaban J connectivity index is 0.866. The number of benzene rings is 3. The summed E-state index contributed by atoms with van der Waals surface area (Å²) < 4.78 is 9.78. The van der Waals surface area contributed by atoms with Crippen LogP contribution in [0.15, 0.2) is 78.1 Å². The summed E-state index contributed by atoms with van der Waals surface area (Å²) in [6, 6.07) is 20.9. The van der Waals surface area contributed by atoms with Gasteiger partial charge in [0.05, 0.1) is 50.5 Å². The third-order valence-corrected chi connectivity index (χ3v) is 14.7. The van der Waals surface area contributed by atoms with E-state index in [0.29, 0.717) is 6.42 Å². The molecular formula is C50H58N6O6. The molecule has 0 unspecified atom stereocenters. The molecule has 12 heteroatoms. The smallest absolute Gasteiger partial charge is 0.407 e. The second-order valence-electron chi connectivity index (χ2n) is 19.7. The maximum absolute atomic E-state index is 14.0. The summed E-state index contributed by atoms with van der Waals surface area (Å²) in [5.74, 6) is -0.148. The van der Waals surface area contributed by atoms with E-state index in [1.165, 1.54) is 14.2 Å². The summed E-state index contributed by atoms with van der Waals surface area (Å²) in [5.41, 5.74) is 7.56. The van der Waals surface area contributed by atoms with Gasteiger partial charge in [0, 0.05) is 36.0 Å². The molecule has 4 aromatic rings. The van der Waals surface area contributed by atoms with Crippen LogP contribution in [0.4, 0.5) is 4.79 Å². The molecule has 0 bridgehead atoms. The molecule has 4 heterocycles. The van der Waals surface area contributed by atoms with E-state index in [1.807, 2.05) is 45.0 Å². The standard InChI is InChI=1S/C50H58N6O6/c1-27(2)36(20-43(57)61-7)46(58)55-39(21-49(5)23-41(49)55)37-19-35(25-51-37)30-11-9-29(10-12-30)31-13-14-33-18-34(16-15-32(33)17-31)38-26-52-45(53-38)40-22-50(6)24-42(50)56(40)47(59)44(28(3)4)54-48(60)62-8/h9-18,25-28,36,39-42,44H,19-24H2,1-8H3,(H,52,53)(H,54,60)/t36-,39-,40-,41+,42+,44-,49-,50-/m0/s1. The van der Waals surface area contributed by atoms with Gasteiger partial charge in [-0.2, -0.15) is 0 Å². The predicted octanol–water partition coefficient (Wildman–Crippen LogP) is 8.73. The van der Waals surface area contributed by atoms with Gasteiger partial charge in [-0.15, -0.1) is 0 Å². The molecule has 12 nitrogen and oxygen atoms in total. The van der Waals surface area contributed by atoms with Crippen LogP contribution < -0.4 is 5.32 Å². The maximum atomic E-state index is 14.0. The minimum Gasteiger partial charge on any atom is -0.469 e. The monoisotopic (exact) mass is 838 g/mol. The number of carbonyl (C=O) groups excluding carboxylic acids is 4. The van der Waals surface area contributed by atoms with E-state index in [9.17, 15) is 19.2 Å². The number of nitrogens with one attached hydrogen (secondary N) is 2. The second kappa shape index (κ2) is 15.5. The normalized spacial score (nSPS) is 26.8. The zero-order valence-corrected chi connectivity index (χ0v) is 37.0. The summed E-state index contributed by atoms with van der Waals surface area (Å²) in [5, 5.41) is 4.99. The topological polar surface area (TPSA) is 146 Å². The van der Waals surface area contributed by atoms with Crippen LogP contribution in [0, 0.1) is 28.6 Å². The highest BCUT2D eigenvalue weighted by Crippen LogP contribution is 2.63. The number of H-pyrrole nitrogens is 1. The SMILES string of the molecule is COC(=O)C[C@H](C(=O)N1[C@H](C2=NC=C(c3ccc(-c4ccc5cc(-c6cnc([C@@H]7C[C@@]8(C)C[C@H]8N7C(=O)[C@@H](NC(=O)OC)C(C)C)[nH]6)ccc5c4)cc3)C2)C[C@@]2(C)C[C@@H]12)C(C)C. The van der Waals surface area contributed by atoms with E-state index in [2.05, 4.69) is 89.7 Å². The second-order valence-corrected chi connectivity index (χ2v) is 19.7. The fourth-order valence-corrected chi connectivity index (χ4v) is 10.6. The lowest BCUT2D eigenvalue weighted by Gasteiger charge is -2.32. The van der Waals surface area contributed by atoms with Gasteiger partial charge in [-0.05, 0) is 93.5 Å². The average molecular weight is 839 g/mol. The van der Waals surface area contributed by atoms with Gasteiger partial charge in [0.2, 0.25) is 11.8 Å². The van der Waals surface area contributed by atoms with E-state index < -0.39 is 18.1 Å². The first-order valence-electron chi connectivity index (χ1n) is 22.1. The first-order chi connectivity index (χ1) is 29.6. The minimum absolute atomic E-state index is 0.0223. The van der Waals surface area contributed by atoms with Gasteiger partial charge in [-0.25, -0.2) is 9.78 Å². The zero-order chi connectivity index (χ0) is 43.8. The molecule has 3 aliphatic heterocycles. The number of alkyl carbamates (subject to hydrolysis) is 1. The van der Waals surface area contributed by atoms with Crippen LogP contribution in [-0.2, 0) is 23.9 Å². The molecule has 3 amide bonds. The van der Waals surface area contributed by atoms with Gasteiger partial charge < -0.3 is 29.6 Å². The number of hydrogen-bond acceptors (Lipinski definition) is 8. The summed E-state index contributed by atoms with van der Waals surface area (Å²) >= 11 is 0. The highest BCUT2D eigenvalue weighted by Gasteiger charge is 2.65. The van der Waals surface area contributed by atoms with E-state index in [0.717, 1.165) is 81.5 Å². The van der Waals surface area contributed by atoms with Gasteiger partial charge in [-0.1, -0.05) is 90.1 Å². The quantitative estimate of drug-likeness (QED) is 0.136. The van der Waals surface area contributed by atoms with E-state index >= 15 is 0 Å². The first-order valence-corrected chi connectivity index (χ1v) is 22.1. The lowest BCUT2D eigenvalue weighted by atomic mass is 9.89. The Bertz CT molecular complexity index is 2520. The highest BCUT2D eigenvalue weighted by molar-refractivity contribution is 6.04. The number of piperidine rings is 2. The van der Waals surface area contributed by atoms with Crippen LogP contribution in [0.5, 0.6) is 0 Å². The Morgan fingerprint density at radius 3 is 1.98 bits per heavy atom. The Hall–Kier alpha value is -5.78. The van der Waals surface area contributed by atoms with Gasteiger partial charge in [-0.3, -0.25) is 19.4 Å². The number of imidazole rings is 1. The van der Waals surface area contributed by atoms with Crippen LogP contribution in [0.2, 0.25) is 0 Å². The Morgan fingerprint density at radius 2 is 1.35 bits per heavy atom. The Morgan fingerprint density at radius 1 is 0.758 bits per heavy atom. The third kappa shape index (κ3) is 7.38. The number of hydrogen-bond donors (Lipinski definition) is 2. The molecule has 62 heavy (non-hydrogen) atoms. The molecule has 1 aromatic heterocycles. The van der Waals surface area contributed by atoms with Crippen molar-refractivity contribution in [3.8, 4) is 22.4 Å². The molecule has 4 fully saturated rings. The lowest BCUT2D eigenvalue weighted by Crippen LogP contribution is -2.52. The number of aliphatic imine (C=N–C) groups is 1. The van der Waals surface area contributed by atoms with Crippen molar-refractivity contribution in [3.63, 3.8) is 0 Å². The number of nitrogens with zero attached hydrogens (tertiary/aromatic N) is 4. The maximum Gasteiger partial charge on any atom is 0.407 e. The fraction of sp³-hybridized carbons (Fsp3) is 0.480. The fourth-order valence-electron chi connectivity index (χ4n) is 10.6. The van der Waals surface area contributed by atoms with Crippen LogP contribution >= 0.6 is 0 Å². The lowest BCUT2D eigenvalue weighted by molar-refractivity contribution is -0.148. The van der Waals surface area contributed by atoms with Crippen molar-refractivity contribution in [1.82, 2.24) is 25.1 Å². The molecule has 8 atom stereocenters. The number of methoxy groups -OCH3 is 2. The molecule has 324 valence electrons. The predicted molar refractivity (Wildman–Crippen MR) is 239 cm³/mol. The number of aromatic nitrogens is 2. The molecule has 5 aliphatic rings. The number of allylic oxidation sites excluding steroid dienone is 1. The molecule has 2 saturated carbocycles. The van der Waals surface area contributed by atoms with Gasteiger partial charge >= 0.3 is 12.1 Å². The molecule has 9 rings (SSSR count). The highest BCUT2D eigenvalue weighted by atomic mass is 16.5. The van der Waals surface area contributed by atoms with E-state index in [1.54, 1.807) is 0 Å². The number of amides is 3. The molecular weight excluding hydrogens is 781 g/mol. The number of likely N-dealkylation sites (tertiary alicyclic amines) is 2. The van der Waals surface area contributed by atoms with Crippen molar-refractivity contribution in [2.45, 2.75) is 110 Å². The Kier molecular flexibility index (Phi) is 10.4. The van der Waals surface area contributed by atoms with Gasteiger partial charge in [0.25, 0.3) is 0 Å². The number of carbonyl (C=O) groups is 4. The largest absolute Gasteiger partial charge is 0.469 e. The van der Waals surface area contributed by atoms with Crippen molar-refractivity contribution in [3.05, 3.63) is 84.4 Å². The van der Waals surface area contributed by atoms with Crippen LogP contribution in [0.1, 0.15) is 97.5 Å². The van der Waals surface area contributed by atoms with E-state index in [4.69, 9.17) is 19.5 Å². The number of rotatable bonds is 12. The number of esters is 1. The van der Waals surface area contributed by atoms with Crippen molar-refractivity contribution in [2.24, 2.45) is 33.6 Å². The molecule has 0 spiro atoms. The van der Waals surface area contributed by atoms with Crippen molar-refractivity contribution < 1.29 is 28.7 Å². The van der Waals surface area contributed by atoms with Gasteiger partial charge in [0.1, 0.15) is 11.9 Å². The third-order valence-electron chi connectivity index (χ3n) is 14.7. The van der Waals surface area contributed by atoms with Crippen LogP contribution in [-0.4, -0.2) is 87.7 Å². The molecule has 2 saturated heterocycles. The summed E-state index contributed by atoms with van der Waals surface area (Å²) in [6.45, 7) is 12.4. The van der Waals surface area contributed by atoms with Crippen LogP contribution in [0.3, 0.4) is 0 Å². The number of fused-ring (bicyclic) bond motifs is 3. The van der Waals surface area contributed by atoms with Crippen molar-refractivity contribution in [2.75, 3.05) is 14.2 Å². The van der Waals surface area contributed by atoms with Gasteiger partial charge in [0.15, 0.2) is 0 Å². The zero-order valence-electron chi connectivity index (χ0n) is 37.0. The van der Waals surface area contributed by atoms with E-state index in [-0.39, 0.29) is 71.0 Å². The molecule has 2 N–H and O–H groups in total. The van der Waals surface area contributed by atoms with Crippen LogP contribution in [0.25, 0.3) is 38.7 Å². The minimum atomic E-state index is -0.689. The Labute approximate surface area is 363 Å². The summed E-state index contributed by atoms with van der Waals surface area (Å²) in [7, 11) is 2.69. The molecule has 0 radical (unpaired) electrons. The molecule has 3 aromatic carbocycles. The number of ether oxygens (including phenoxy) is 2. The summed E-state index contributed by atoms with van der Waals surface area (Å²) in [4.78, 5) is 69.7. The summed E-state index contributed by atoms with van der Waals surface area (Å²) in [6.07, 6.45) is 7.65. The van der Waals surface area contributed by atoms with Crippen molar-refractivity contribution in [1.29, 1.82) is 0 Å².